The Morgan fingerprint density at radius 2 is 1.80 bits per heavy atom. The van der Waals surface area contributed by atoms with Crippen LogP contribution in [0, 0.1) is 6.92 Å². The Morgan fingerprint density at radius 3 is 2.47 bits per heavy atom. The second-order valence-corrected chi connectivity index (χ2v) is 8.37. The van der Waals surface area contributed by atoms with Crippen LogP contribution in [0.5, 0.6) is 5.75 Å². The van der Waals surface area contributed by atoms with Gasteiger partial charge < -0.3 is 14.5 Å². The number of hydrogen-bond acceptors (Lipinski definition) is 4. The summed E-state index contributed by atoms with van der Waals surface area (Å²) in [6.07, 6.45) is 2.05. The van der Waals surface area contributed by atoms with Crippen LogP contribution in [-0.4, -0.2) is 43.1 Å². The van der Waals surface area contributed by atoms with Crippen LogP contribution in [0.15, 0.2) is 36.4 Å². The van der Waals surface area contributed by atoms with Gasteiger partial charge in [-0.1, -0.05) is 12.1 Å². The van der Waals surface area contributed by atoms with Crippen LogP contribution in [0.25, 0.3) is 0 Å². The number of urea groups is 1. The molecule has 0 saturated carbocycles. The van der Waals surface area contributed by atoms with Crippen LogP contribution >= 0.6 is 0 Å². The molecule has 0 atom stereocenters. The number of benzene rings is 2. The normalized spacial score (nSPS) is 16.5. The lowest BCUT2D eigenvalue weighted by Gasteiger charge is -2.35. The van der Waals surface area contributed by atoms with E-state index in [4.69, 9.17) is 4.74 Å². The molecule has 4 rings (SSSR count). The highest BCUT2D eigenvalue weighted by Gasteiger charge is 2.38. The van der Waals surface area contributed by atoms with Gasteiger partial charge in [-0.15, -0.1) is 0 Å². The number of imide groups is 1. The van der Waals surface area contributed by atoms with E-state index in [1.165, 1.54) is 16.2 Å². The first-order valence-corrected chi connectivity index (χ1v) is 10.5. The number of aryl methyl sites for hydroxylation is 2. The second kappa shape index (κ2) is 8.01. The van der Waals surface area contributed by atoms with E-state index in [-0.39, 0.29) is 18.5 Å². The highest BCUT2D eigenvalue weighted by Crippen LogP contribution is 2.36. The van der Waals surface area contributed by atoms with Crippen molar-refractivity contribution in [3.63, 3.8) is 0 Å². The summed E-state index contributed by atoms with van der Waals surface area (Å²) < 4.78 is 5.19. The fourth-order valence-electron chi connectivity index (χ4n) is 4.39. The summed E-state index contributed by atoms with van der Waals surface area (Å²) in [6, 6.07) is 11.9. The third kappa shape index (κ3) is 3.62. The molecule has 2 aliphatic rings. The molecule has 0 bridgehead atoms. The summed E-state index contributed by atoms with van der Waals surface area (Å²) in [5.74, 6) is 0.595. The van der Waals surface area contributed by atoms with E-state index in [9.17, 15) is 9.59 Å². The van der Waals surface area contributed by atoms with Crippen molar-refractivity contribution in [2.24, 2.45) is 0 Å². The molecule has 1 saturated heterocycles. The largest absolute Gasteiger partial charge is 0.497 e. The van der Waals surface area contributed by atoms with Gasteiger partial charge in [0.2, 0.25) is 0 Å². The van der Waals surface area contributed by atoms with Crippen molar-refractivity contribution in [3.05, 3.63) is 53.1 Å². The summed E-state index contributed by atoms with van der Waals surface area (Å²) in [5.41, 5.74) is 5.07. The quantitative estimate of drug-likeness (QED) is 0.700. The minimum Gasteiger partial charge on any atom is -0.497 e. The van der Waals surface area contributed by atoms with Gasteiger partial charge in [0.1, 0.15) is 12.3 Å². The highest BCUT2D eigenvalue weighted by atomic mass is 16.5. The monoisotopic (exact) mass is 407 g/mol. The van der Waals surface area contributed by atoms with Crippen LogP contribution < -0.4 is 14.5 Å². The van der Waals surface area contributed by atoms with Gasteiger partial charge >= 0.3 is 6.03 Å². The van der Waals surface area contributed by atoms with Crippen molar-refractivity contribution in [2.45, 2.75) is 46.2 Å². The average molecular weight is 408 g/mol. The molecule has 2 aromatic carbocycles. The van der Waals surface area contributed by atoms with Crippen LogP contribution in [0.4, 0.5) is 16.2 Å². The molecular formula is C24H29N3O3. The van der Waals surface area contributed by atoms with Gasteiger partial charge in [0, 0.05) is 24.8 Å². The first-order valence-electron chi connectivity index (χ1n) is 10.5. The molecule has 0 aliphatic carbocycles. The van der Waals surface area contributed by atoms with Gasteiger partial charge in [0.15, 0.2) is 0 Å². The molecule has 0 aromatic heterocycles. The van der Waals surface area contributed by atoms with Crippen molar-refractivity contribution in [1.82, 2.24) is 4.90 Å². The first-order chi connectivity index (χ1) is 14.4. The van der Waals surface area contributed by atoms with Crippen molar-refractivity contribution < 1.29 is 14.3 Å². The summed E-state index contributed by atoms with van der Waals surface area (Å²) in [4.78, 5) is 31.3. The van der Waals surface area contributed by atoms with E-state index in [1.54, 1.807) is 12.0 Å². The number of rotatable bonds is 5. The molecular weight excluding hydrogens is 378 g/mol. The van der Waals surface area contributed by atoms with Crippen LogP contribution in [0.1, 0.15) is 37.0 Å². The second-order valence-electron chi connectivity index (χ2n) is 8.37. The fourth-order valence-corrected chi connectivity index (χ4v) is 4.39. The Hall–Kier alpha value is -3.02. The number of amides is 3. The van der Waals surface area contributed by atoms with Crippen LogP contribution in [0.3, 0.4) is 0 Å². The van der Waals surface area contributed by atoms with Gasteiger partial charge in [-0.2, -0.15) is 0 Å². The first kappa shape index (κ1) is 20.3. The number of methoxy groups -OCH3 is 1. The van der Waals surface area contributed by atoms with E-state index in [1.807, 2.05) is 37.3 Å². The molecule has 0 spiro atoms. The number of carbonyl (C=O) groups is 2. The van der Waals surface area contributed by atoms with E-state index in [2.05, 4.69) is 24.8 Å². The molecule has 3 amide bonds. The van der Waals surface area contributed by atoms with Crippen LogP contribution in [0.2, 0.25) is 0 Å². The van der Waals surface area contributed by atoms with Gasteiger partial charge in [0.25, 0.3) is 5.91 Å². The summed E-state index contributed by atoms with van der Waals surface area (Å²) in [6.45, 7) is 7.91. The molecule has 6 heteroatoms. The third-order valence-corrected chi connectivity index (χ3v) is 5.99. The number of nitrogens with zero attached hydrogens (tertiary/aromatic N) is 3. The number of carbonyl (C=O) groups excluding carboxylic acids is 2. The average Bonchev–Trinajstić information content (AvgIpc) is 3.00. The minimum absolute atomic E-state index is 0.0967. The summed E-state index contributed by atoms with van der Waals surface area (Å²) in [5, 5.41) is 0. The molecule has 2 aliphatic heterocycles. The standard InChI is InChI=1S/C24H29N3O3/c1-16(2)26-11-5-6-19-13-21(17(3)12-22(19)26)27-23(28)15-25(24(27)29)14-18-7-9-20(30-4)10-8-18/h7-10,12-13,16H,5-6,11,14-15H2,1-4H3. The maximum absolute atomic E-state index is 13.1. The highest BCUT2D eigenvalue weighted by molar-refractivity contribution is 6.20. The van der Waals surface area contributed by atoms with Gasteiger partial charge in [-0.3, -0.25) is 4.79 Å². The molecule has 0 unspecified atom stereocenters. The molecule has 0 N–H and O–H groups in total. The molecule has 30 heavy (non-hydrogen) atoms. The summed E-state index contributed by atoms with van der Waals surface area (Å²) >= 11 is 0. The Balaban J connectivity index is 1.59. The Labute approximate surface area is 178 Å². The lowest BCUT2D eigenvalue weighted by atomic mass is 9.97. The lowest BCUT2D eigenvalue weighted by Crippen LogP contribution is -2.36. The van der Waals surface area contributed by atoms with Crippen molar-refractivity contribution in [1.29, 1.82) is 0 Å². The minimum atomic E-state index is -0.254. The van der Waals surface area contributed by atoms with E-state index in [0.29, 0.717) is 18.3 Å². The maximum Gasteiger partial charge on any atom is 0.332 e. The fraction of sp³-hybridized carbons (Fsp3) is 0.417. The van der Waals surface area contributed by atoms with Gasteiger partial charge in [-0.25, -0.2) is 9.69 Å². The van der Waals surface area contributed by atoms with E-state index in [0.717, 1.165) is 36.3 Å². The zero-order chi connectivity index (χ0) is 21.4. The van der Waals surface area contributed by atoms with Crippen molar-refractivity contribution in [2.75, 3.05) is 30.0 Å². The number of anilines is 2. The number of fused-ring (bicyclic) bond motifs is 1. The predicted octanol–water partition coefficient (Wildman–Crippen LogP) is 4.13. The Morgan fingerprint density at radius 1 is 1.07 bits per heavy atom. The lowest BCUT2D eigenvalue weighted by molar-refractivity contribution is -0.116. The molecule has 2 heterocycles. The smallest absolute Gasteiger partial charge is 0.332 e. The zero-order valence-electron chi connectivity index (χ0n) is 18.1. The van der Waals surface area contributed by atoms with Crippen molar-refractivity contribution >= 4 is 23.3 Å². The number of ether oxygens (including phenoxy) is 1. The van der Waals surface area contributed by atoms with Gasteiger partial charge in [-0.05, 0) is 74.6 Å². The zero-order valence-corrected chi connectivity index (χ0v) is 18.1. The summed E-state index contributed by atoms with van der Waals surface area (Å²) in [7, 11) is 1.62. The Bertz CT molecular complexity index is 968. The molecule has 6 nitrogen and oxygen atoms in total. The SMILES string of the molecule is COc1ccc(CN2CC(=O)N(c3cc4c(cc3C)N(C(C)C)CCC4)C2=O)cc1. The van der Waals surface area contributed by atoms with E-state index < -0.39 is 0 Å². The number of hydrogen-bond donors (Lipinski definition) is 0. The molecule has 2 aromatic rings. The third-order valence-electron chi connectivity index (χ3n) is 5.99. The van der Waals surface area contributed by atoms with Crippen molar-refractivity contribution in [3.8, 4) is 5.75 Å². The predicted molar refractivity (Wildman–Crippen MR) is 118 cm³/mol. The molecule has 158 valence electrons. The topological polar surface area (TPSA) is 53.1 Å². The van der Waals surface area contributed by atoms with Gasteiger partial charge in [0.05, 0.1) is 12.8 Å². The van der Waals surface area contributed by atoms with Crippen LogP contribution in [-0.2, 0) is 17.8 Å². The Kier molecular flexibility index (Phi) is 5.41. The maximum atomic E-state index is 13.1. The van der Waals surface area contributed by atoms with E-state index >= 15 is 0 Å². The molecule has 0 radical (unpaired) electrons. The molecule has 1 fully saturated rings.